The first-order chi connectivity index (χ1) is 14.6. The van der Waals surface area contributed by atoms with E-state index in [4.69, 9.17) is 0 Å². The highest BCUT2D eigenvalue weighted by Crippen LogP contribution is 2.31. The van der Waals surface area contributed by atoms with Gasteiger partial charge in [0.15, 0.2) is 14.7 Å². The molecule has 0 radical (unpaired) electrons. The van der Waals surface area contributed by atoms with Crippen LogP contribution in [-0.2, 0) is 10.9 Å². The van der Waals surface area contributed by atoms with Gasteiger partial charge in [0.2, 0.25) is 0 Å². The Morgan fingerprint density at radius 2 is 1.27 bits per heavy atom. The lowest BCUT2D eigenvalue weighted by molar-refractivity contribution is 0.102. The van der Waals surface area contributed by atoms with Crippen molar-refractivity contribution in [2.75, 3.05) is 5.32 Å². The molecule has 0 saturated carbocycles. The average Bonchev–Trinajstić information content (AvgIpc) is 2.78. The first-order valence-corrected chi connectivity index (χ1v) is 11.6. The number of amides is 1. The van der Waals surface area contributed by atoms with Crippen LogP contribution in [-0.4, -0.2) is 5.91 Å². The number of halogens is 2. The summed E-state index contributed by atoms with van der Waals surface area (Å²) in [5.41, 5.74) is 1.16. The van der Waals surface area contributed by atoms with Crippen LogP contribution in [0.1, 0.15) is 10.4 Å². The van der Waals surface area contributed by atoms with Crippen molar-refractivity contribution < 1.29 is 9.18 Å². The van der Waals surface area contributed by atoms with Crippen molar-refractivity contribution in [1.29, 1.82) is 0 Å². The van der Waals surface area contributed by atoms with Crippen LogP contribution in [0.25, 0.3) is 0 Å². The van der Waals surface area contributed by atoms with Crippen molar-refractivity contribution in [2.45, 2.75) is 14.7 Å². The molecule has 0 aliphatic rings. The summed E-state index contributed by atoms with van der Waals surface area (Å²) < 4.78 is 14.0. The fourth-order valence-electron chi connectivity index (χ4n) is 3.05. The third-order valence-corrected chi connectivity index (χ3v) is 7.61. The van der Waals surface area contributed by atoms with E-state index < -0.39 is 0 Å². The third kappa shape index (κ3) is 4.74. The molecule has 0 aliphatic heterocycles. The molecule has 0 bridgehead atoms. The lowest BCUT2D eigenvalue weighted by Crippen LogP contribution is -2.13. The zero-order valence-corrected chi connectivity index (χ0v) is 18.9. The van der Waals surface area contributed by atoms with Gasteiger partial charge in [0.05, 0.1) is 16.6 Å². The van der Waals surface area contributed by atoms with Gasteiger partial charge in [-0.2, -0.15) is 0 Å². The molecule has 0 aromatic heterocycles. The molecule has 0 saturated heterocycles. The van der Waals surface area contributed by atoms with Crippen molar-refractivity contribution in [3.05, 3.63) is 118 Å². The predicted molar refractivity (Wildman–Crippen MR) is 129 cm³/mol. The smallest absolute Gasteiger partial charge is 0.255 e. The van der Waals surface area contributed by atoms with Crippen molar-refractivity contribution >= 4 is 45.1 Å². The largest absolute Gasteiger partial charge is 0.321 e. The second-order valence-electron chi connectivity index (χ2n) is 6.53. The molecule has 0 unspecified atom stereocenters. The number of hydrogen-bond donors (Lipinski definition) is 1. The Kier molecular flexibility index (Phi) is 6.50. The maximum absolute atomic E-state index is 13.3. The molecule has 1 N–H and O–H groups in total. The molecule has 1 amide bonds. The van der Waals surface area contributed by atoms with Crippen molar-refractivity contribution in [3.63, 3.8) is 0 Å². The Hall–Kier alpha value is -2.64. The number of rotatable bonds is 5. The third-order valence-electron chi connectivity index (χ3n) is 4.49. The number of hydrogen-bond acceptors (Lipinski definition) is 1. The fourth-order valence-corrected chi connectivity index (χ4v) is 5.74. The summed E-state index contributed by atoms with van der Waals surface area (Å²) in [6, 6.07) is 32.7. The highest BCUT2D eigenvalue weighted by atomic mass is 127. The number of carbonyl (C=O) groups is 1. The van der Waals surface area contributed by atoms with Crippen LogP contribution in [0.3, 0.4) is 0 Å². The summed E-state index contributed by atoms with van der Waals surface area (Å²) in [6.45, 7) is 0. The van der Waals surface area contributed by atoms with Crippen LogP contribution in [0.15, 0.2) is 118 Å². The SMILES string of the molecule is O=C(Nc1ccc(F)cc1I)c1ccc([S+](c2ccccc2)c2ccccc2)cc1. The summed E-state index contributed by atoms with van der Waals surface area (Å²) in [6.07, 6.45) is 0. The van der Waals surface area contributed by atoms with E-state index in [1.54, 1.807) is 6.07 Å². The molecule has 0 fully saturated rings. The minimum Gasteiger partial charge on any atom is -0.321 e. The monoisotopic (exact) mass is 526 g/mol. The fraction of sp³-hybridized carbons (Fsp3) is 0. The molecule has 2 nitrogen and oxygen atoms in total. The molecule has 5 heteroatoms. The van der Waals surface area contributed by atoms with E-state index in [0.717, 1.165) is 4.90 Å². The quantitative estimate of drug-likeness (QED) is 0.226. The van der Waals surface area contributed by atoms with E-state index in [1.165, 1.54) is 21.9 Å². The zero-order valence-electron chi connectivity index (χ0n) is 15.9. The normalized spacial score (nSPS) is 10.8. The predicted octanol–water partition coefficient (Wildman–Crippen LogP) is 6.78. The minimum atomic E-state index is -0.324. The van der Waals surface area contributed by atoms with Crippen LogP contribution in [0.2, 0.25) is 0 Å². The van der Waals surface area contributed by atoms with Crippen LogP contribution in [0.4, 0.5) is 10.1 Å². The van der Waals surface area contributed by atoms with Gasteiger partial charge in [-0.25, -0.2) is 4.39 Å². The molecule has 0 heterocycles. The Morgan fingerprint density at radius 3 is 1.80 bits per heavy atom. The lowest BCUT2D eigenvalue weighted by Gasteiger charge is -2.10. The molecule has 30 heavy (non-hydrogen) atoms. The van der Waals surface area contributed by atoms with Gasteiger partial charge in [-0.15, -0.1) is 0 Å². The van der Waals surface area contributed by atoms with Crippen LogP contribution < -0.4 is 5.32 Å². The van der Waals surface area contributed by atoms with Gasteiger partial charge < -0.3 is 5.32 Å². The van der Waals surface area contributed by atoms with Gasteiger partial charge in [-0.05, 0) is 89.3 Å². The highest BCUT2D eigenvalue weighted by Gasteiger charge is 2.28. The molecule has 4 aromatic carbocycles. The van der Waals surface area contributed by atoms with E-state index in [0.29, 0.717) is 14.8 Å². The van der Waals surface area contributed by atoms with Crippen molar-refractivity contribution in [2.24, 2.45) is 0 Å². The summed E-state index contributed by atoms with van der Waals surface area (Å²) in [5, 5.41) is 2.85. The zero-order chi connectivity index (χ0) is 20.9. The molecular formula is C25H18FINOS+. The van der Waals surface area contributed by atoms with Gasteiger partial charge >= 0.3 is 0 Å². The van der Waals surface area contributed by atoms with E-state index >= 15 is 0 Å². The van der Waals surface area contributed by atoms with Crippen molar-refractivity contribution in [1.82, 2.24) is 0 Å². The summed E-state index contributed by atoms with van der Waals surface area (Å²) in [5.74, 6) is -0.541. The molecule has 4 aromatic rings. The molecule has 4 rings (SSSR count). The van der Waals surface area contributed by atoms with Gasteiger partial charge in [0.25, 0.3) is 5.91 Å². The first-order valence-electron chi connectivity index (χ1n) is 9.33. The summed E-state index contributed by atoms with van der Waals surface area (Å²) in [7, 11) is -0.255. The van der Waals surface area contributed by atoms with E-state index in [-0.39, 0.29) is 22.6 Å². The standard InChI is InChI=1S/C25H17FINOS/c26-19-13-16-24(23(27)17-19)28-25(29)18-11-14-22(15-12-18)30(20-7-3-1-4-8-20)21-9-5-2-6-10-21/h1-17H/p+1. The van der Waals surface area contributed by atoms with Crippen LogP contribution in [0.5, 0.6) is 0 Å². The number of nitrogens with one attached hydrogen (secondary N) is 1. The molecule has 0 aliphatic carbocycles. The average molecular weight is 526 g/mol. The second kappa shape index (κ2) is 9.45. The Morgan fingerprint density at radius 1 is 0.733 bits per heavy atom. The van der Waals surface area contributed by atoms with E-state index in [1.807, 2.05) is 83.3 Å². The van der Waals surface area contributed by atoms with Gasteiger partial charge in [0.1, 0.15) is 5.82 Å². The van der Waals surface area contributed by atoms with Crippen LogP contribution in [0, 0.1) is 9.39 Å². The van der Waals surface area contributed by atoms with Gasteiger partial charge in [0, 0.05) is 9.13 Å². The molecule has 148 valence electrons. The Labute approximate surface area is 191 Å². The lowest BCUT2D eigenvalue weighted by atomic mass is 10.2. The second-order valence-corrected chi connectivity index (χ2v) is 9.72. The Bertz CT molecular complexity index is 1110. The van der Waals surface area contributed by atoms with E-state index in [2.05, 4.69) is 29.6 Å². The highest BCUT2D eigenvalue weighted by molar-refractivity contribution is 14.1. The van der Waals surface area contributed by atoms with Crippen molar-refractivity contribution in [3.8, 4) is 0 Å². The van der Waals surface area contributed by atoms with E-state index in [9.17, 15) is 9.18 Å². The first kappa shape index (κ1) is 20.6. The van der Waals surface area contributed by atoms with Crippen LogP contribution >= 0.6 is 22.6 Å². The maximum atomic E-state index is 13.3. The topological polar surface area (TPSA) is 29.1 Å². The minimum absolute atomic E-state index is 0.217. The number of benzene rings is 4. The molecular weight excluding hydrogens is 508 g/mol. The summed E-state index contributed by atoms with van der Waals surface area (Å²) in [4.78, 5) is 16.3. The molecule has 0 spiro atoms. The Balaban J connectivity index is 1.61. The summed E-state index contributed by atoms with van der Waals surface area (Å²) >= 11 is 2.01. The maximum Gasteiger partial charge on any atom is 0.255 e. The van der Waals surface area contributed by atoms with Gasteiger partial charge in [-0.3, -0.25) is 4.79 Å². The number of carbonyl (C=O) groups excluding carboxylic acids is 1. The number of anilines is 1. The van der Waals surface area contributed by atoms with Gasteiger partial charge in [-0.1, -0.05) is 36.4 Å². The molecule has 0 atom stereocenters.